The molecule has 3 N–H and O–H groups in total. The number of ether oxygens (including phenoxy) is 1. The van der Waals surface area contributed by atoms with Crippen molar-refractivity contribution in [2.45, 2.75) is 71.4 Å². The van der Waals surface area contributed by atoms with E-state index < -0.39 is 5.60 Å². The van der Waals surface area contributed by atoms with Crippen molar-refractivity contribution >= 4 is 18.0 Å². The second-order valence-corrected chi connectivity index (χ2v) is 8.54. The summed E-state index contributed by atoms with van der Waals surface area (Å²) in [5, 5.41) is 9.40. The van der Waals surface area contributed by atoms with Crippen LogP contribution in [0.4, 0.5) is 4.79 Å². The molecular formula is C20H37N5O3. The summed E-state index contributed by atoms with van der Waals surface area (Å²) >= 11 is 0. The molecule has 2 rings (SSSR count). The van der Waals surface area contributed by atoms with Gasteiger partial charge in [0.25, 0.3) is 0 Å². The van der Waals surface area contributed by atoms with Gasteiger partial charge in [0.15, 0.2) is 5.96 Å². The molecule has 1 saturated carbocycles. The van der Waals surface area contributed by atoms with Crippen LogP contribution in [0.1, 0.15) is 59.8 Å². The number of carbonyl (C=O) groups is 2. The fourth-order valence-electron chi connectivity index (χ4n) is 3.15. The predicted octanol–water partition coefficient (Wildman–Crippen LogP) is 1.86. The Morgan fingerprint density at radius 2 is 1.79 bits per heavy atom. The minimum absolute atomic E-state index is 0.0497. The average molecular weight is 396 g/mol. The van der Waals surface area contributed by atoms with Crippen molar-refractivity contribution in [1.82, 2.24) is 20.9 Å². The minimum atomic E-state index is -0.496. The largest absolute Gasteiger partial charge is 0.444 e. The summed E-state index contributed by atoms with van der Waals surface area (Å²) in [6.45, 7) is 10.9. The maximum absolute atomic E-state index is 12.5. The Hall–Kier alpha value is -1.99. The lowest BCUT2D eigenvalue weighted by Crippen LogP contribution is -2.48. The van der Waals surface area contributed by atoms with Crippen LogP contribution in [0.25, 0.3) is 0 Å². The highest BCUT2D eigenvalue weighted by Crippen LogP contribution is 2.28. The number of hydrogen-bond acceptors (Lipinski definition) is 4. The minimum Gasteiger partial charge on any atom is -0.444 e. The van der Waals surface area contributed by atoms with E-state index in [9.17, 15) is 9.59 Å². The Kier molecular flexibility index (Phi) is 8.38. The molecule has 0 aromatic heterocycles. The van der Waals surface area contributed by atoms with E-state index >= 15 is 0 Å². The first kappa shape index (κ1) is 22.3. The number of rotatable bonds is 7. The Bertz CT molecular complexity index is 555. The van der Waals surface area contributed by atoms with E-state index in [1.54, 1.807) is 0 Å². The van der Waals surface area contributed by atoms with Gasteiger partial charge in [-0.05, 0) is 59.8 Å². The molecule has 1 atom stereocenters. The van der Waals surface area contributed by atoms with Crippen molar-refractivity contribution in [3.8, 4) is 0 Å². The highest BCUT2D eigenvalue weighted by Gasteiger charge is 2.30. The topological polar surface area (TPSA) is 95.1 Å². The molecule has 2 aliphatic rings. The molecule has 28 heavy (non-hydrogen) atoms. The van der Waals surface area contributed by atoms with Gasteiger partial charge in [-0.25, -0.2) is 4.79 Å². The molecule has 160 valence electrons. The molecule has 0 radical (unpaired) electrons. The Labute approximate surface area is 168 Å². The van der Waals surface area contributed by atoms with Crippen LogP contribution in [0.5, 0.6) is 0 Å². The molecule has 2 amide bonds. The standard InChI is InChI=1S/C20H37N5O3/c1-5-21-18(23-12-11-22-17(26)15-9-10-15)24-14-16-8-6-7-13-25(16)19(27)28-20(2,3)4/h15-16H,5-14H2,1-4H3,(H,22,26)(H2,21,23,24). The van der Waals surface area contributed by atoms with Crippen LogP contribution in [0, 0.1) is 5.92 Å². The molecule has 0 bridgehead atoms. The summed E-state index contributed by atoms with van der Waals surface area (Å²) in [5.74, 6) is 1.09. The first-order valence-corrected chi connectivity index (χ1v) is 10.6. The van der Waals surface area contributed by atoms with E-state index in [0.29, 0.717) is 32.1 Å². The Balaban J connectivity index is 1.83. The summed E-state index contributed by atoms with van der Waals surface area (Å²) in [7, 11) is 0. The summed E-state index contributed by atoms with van der Waals surface area (Å²) in [4.78, 5) is 30.7. The van der Waals surface area contributed by atoms with Crippen molar-refractivity contribution in [2.24, 2.45) is 10.9 Å². The fourth-order valence-corrected chi connectivity index (χ4v) is 3.15. The number of guanidine groups is 1. The second-order valence-electron chi connectivity index (χ2n) is 8.54. The normalized spacial score (nSPS) is 20.5. The van der Waals surface area contributed by atoms with Crippen LogP contribution >= 0.6 is 0 Å². The molecule has 8 nitrogen and oxygen atoms in total. The third-order valence-corrected chi connectivity index (χ3v) is 4.72. The molecule has 0 aromatic carbocycles. The molecule has 1 aliphatic carbocycles. The van der Waals surface area contributed by atoms with E-state index in [4.69, 9.17) is 4.74 Å². The van der Waals surface area contributed by atoms with Crippen molar-refractivity contribution in [2.75, 3.05) is 32.7 Å². The van der Waals surface area contributed by atoms with Gasteiger partial charge in [0.2, 0.25) is 5.91 Å². The summed E-state index contributed by atoms with van der Waals surface area (Å²) in [5.41, 5.74) is -0.496. The van der Waals surface area contributed by atoms with Gasteiger partial charge >= 0.3 is 6.09 Å². The van der Waals surface area contributed by atoms with Crippen LogP contribution in [-0.2, 0) is 9.53 Å². The van der Waals surface area contributed by atoms with E-state index in [1.165, 1.54) is 0 Å². The van der Waals surface area contributed by atoms with E-state index in [0.717, 1.165) is 38.6 Å². The van der Waals surface area contributed by atoms with Gasteiger partial charge in [0.05, 0.1) is 12.6 Å². The number of aliphatic imine (C=N–C) groups is 1. The molecule has 1 saturated heterocycles. The van der Waals surface area contributed by atoms with Crippen molar-refractivity contribution in [3.63, 3.8) is 0 Å². The van der Waals surface area contributed by atoms with Crippen LogP contribution < -0.4 is 16.0 Å². The third kappa shape index (κ3) is 7.94. The molecule has 2 fully saturated rings. The highest BCUT2D eigenvalue weighted by molar-refractivity contribution is 5.81. The lowest BCUT2D eigenvalue weighted by Gasteiger charge is -2.36. The first-order valence-electron chi connectivity index (χ1n) is 10.6. The van der Waals surface area contributed by atoms with Crippen LogP contribution in [-0.4, -0.2) is 67.2 Å². The number of carbonyl (C=O) groups excluding carboxylic acids is 2. The first-order chi connectivity index (χ1) is 13.3. The van der Waals surface area contributed by atoms with Gasteiger partial charge in [0.1, 0.15) is 5.60 Å². The van der Waals surface area contributed by atoms with Crippen molar-refractivity contribution in [1.29, 1.82) is 0 Å². The zero-order chi connectivity index (χ0) is 20.6. The maximum atomic E-state index is 12.5. The van der Waals surface area contributed by atoms with Crippen LogP contribution in [0.2, 0.25) is 0 Å². The lowest BCUT2D eigenvalue weighted by atomic mass is 10.0. The van der Waals surface area contributed by atoms with Gasteiger partial charge in [-0.15, -0.1) is 0 Å². The fraction of sp³-hybridized carbons (Fsp3) is 0.850. The van der Waals surface area contributed by atoms with Gasteiger partial charge < -0.3 is 25.6 Å². The third-order valence-electron chi connectivity index (χ3n) is 4.72. The van der Waals surface area contributed by atoms with Crippen LogP contribution in [0.15, 0.2) is 4.99 Å². The summed E-state index contributed by atoms with van der Waals surface area (Å²) < 4.78 is 5.56. The number of nitrogens with one attached hydrogen (secondary N) is 3. The second kappa shape index (κ2) is 10.5. The van der Waals surface area contributed by atoms with Crippen molar-refractivity contribution in [3.05, 3.63) is 0 Å². The zero-order valence-corrected chi connectivity index (χ0v) is 17.8. The molecule has 0 spiro atoms. The molecule has 1 aliphatic heterocycles. The predicted molar refractivity (Wildman–Crippen MR) is 110 cm³/mol. The number of piperidine rings is 1. The van der Waals surface area contributed by atoms with Crippen molar-refractivity contribution < 1.29 is 14.3 Å². The number of amides is 2. The highest BCUT2D eigenvalue weighted by atomic mass is 16.6. The monoisotopic (exact) mass is 395 g/mol. The van der Waals surface area contributed by atoms with Gasteiger partial charge in [-0.2, -0.15) is 0 Å². The molecular weight excluding hydrogens is 358 g/mol. The molecule has 1 unspecified atom stereocenters. The van der Waals surface area contributed by atoms with Gasteiger partial charge in [-0.3, -0.25) is 9.79 Å². The number of likely N-dealkylation sites (tertiary alicyclic amines) is 1. The average Bonchev–Trinajstić information content (AvgIpc) is 3.47. The summed E-state index contributed by atoms with van der Waals surface area (Å²) in [6.07, 6.45) is 4.79. The molecule has 1 heterocycles. The summed E-state index contributed by atoms with van der Waals surface area (Å²) in [6, 6.07) is 0.0497. The van der Waals surface area contributed by atoms with E-state index in [-0.39, 0.29) is 24.0 Å². The van der Waals surface area contributed by atoms with Gasteiger partial charge in [-0.1, -0.05) is 0 Å². The van der Waals surface area contributed by atoms with E-state index in [1.807, 2.05) is 32.6 Å². The Morgan fingerprint density at radius 1 is 1.07 bits per heavy atom. The zero-order valence-electron chi connectivity index (χ0n) is 17.8. The van der Waals surface area contributed by atoms with E-state index in [2.05, 4.69) is 20.9 Å². The molecule has 8 heteroatoms. The lowest BCUT2D eigenvalue weighted by molar-refractivity contribution is -0.122. The quantitative estimate of drug-likeness (QED) is 0.347. The number of hydrogen-bond donors (Lipinski definition) is 3. The smallest absolute Gasteiger partial charge is 0.410 e. The molecule has 0 aromatic rings. The number of nitrogens with zero attached hydrogens (tertiary/aromatic N) is 2. The Morgan fingerprint density at radius 3 is 2.43 bits per heavy atom. The van der Waals surface area contributed by atoms with Crippen LogP contribution in [0.3, 0.4) is 0 Å². The van der Waals surface area contributed by atoms with Gasteiger partial charge in [0, 0.05) is 32.1 Å². The maximum Gasteiger partial charge on any atom is 0.410 e. The SMILES string of the molecule is CCNC(=NCC1CCCCN1C(=O)OC(C)(C)C)NCCNC(=O)C1CC1.